The summed E-state index contributed by atoms with van der Waals surface area (Å²) in [6, 6.07) is 13.1. The van der Waals surface area contributed by atoms with Crippen LogP contribution in [-0.2, 0) is 11.2 Å². The third-order valence-corrected chi connectivity index (χ3v) is 4.92. The number of methoxy groups -OCH3 is 1. The van der Waals surface area contributed by atoms with Crippen LogP contribution >= 0.6 is 0 Å². The predicted octanol–water partition coefficient (Wildman–Crippen LogP) is 4.83. The zero-order valence-electron chi connectivity index (χ0n) is 17.2. The molecule has 0 fully saturated rings. The number of halogens is 1. The van der Waals surface area contributed by atoms with Crippen LogP contribution < -0.4 is 10.1 Å². The van der Waals surface area contributed by atoms with Gasteiger partial charge in [-0.15, -0.1) is 0 Å². The van der Waals surface area contributed by atoms with E-state index in [1.165, 1.54) is 12.1 Å². The van der Waals surface area contributed by atoms with Crippen LogP contribution in [-0.4, -0.2) is 23.2 Å². The van der Waals surface area contributed by atoms with E-state index in [0.717, 1.165) is 5.39 Å². The Hall–Kier alpha value is -3.68. The van der Waals surface area contributed by atoms with Crippen LogP contribution in [0.5, 0.6) is 5.75 Å². The summed E-state index contributed by atoms with van der Waals surface area (Å²) in [5.74, 6) is 1.72. The van der Waals surface area contributed by atoms with Crippen LogP contribution in [0.1, 0.15) is 37.5 Å². The Morgan fingerprint density at radius 2 is 2.03 bits per heavy atom. The van der Waals surface area contributed by atoms with E-state index >= 15 is 0 Å². The molecule has 0 saturated carbocycles. The van der Waals surface area contributed by atoms with Gasteiger partial charge in [-0.1, -0.05) is 17.3 Å². The van der Waals surface area contributed by atoms with Gasteiger partial charge in [-0.3, -0.25) is 4.79 Å². The molecular formula is C23H22FN3O4. The summed E-state index contributed by atoms with van der Waals surface area (Å²) < 4.78 is 29.4. The van der Waals surface area contributed by atoms with E-state index < -0.39 is 0 Å². The van der Waals surface area contributed by atoms with Crippen molar-refractivity contribution >= 4 is 16.9 Å². The van der Waals surface area contributed by atoms with Crippen molar-refractivity contribution in [1.29, 1.82) is 0 Å². The van der Waals surface area contributed by atoms with Crippen molar-refractivity contribution in [3.63, 3.8) is 0 Å². The number of furan rings is 1. The van der Waals surface area contributed by atoms with Crippen LogP contribution in [0.15, 0.2) is 57.5 Å². The van der Waals surface area contributed by atoms with Gasteiger partial charge in [0.25, 0.3) is 0 Å². The number of amides is 1. The molecule has 2 aromatic heterocycles. The van der Waals surface area contributed by atoms with Gasteiger partial charge in [0.05, 0.1) is 13.2 Å². The average Bonchev–Trinajstić information content (AvgIpc) is 3.41. The van der Waals surface area contributed by atoms with E-state index in [2.05, 4.69) is 15.5 Å². The Labute approximate surface area is 178 Å². The van der Waals surface area contributed by atoms with Crippen LogP contribution in [0.25, 0.3) is 22.4 Å². The van der Waals surface area contributed by atoms with Crippen molar-refractivity contribution in [1.82, 2.24) is 15.5 Å². The molecule has 7 nitrogen and oxygen atoms in total. The largest absolute Gasteiger partial charge is 0.493 e. The maximum Gasteiger partial charge on any atom is 0.226 e. The lowest BCUT2D eigenvalue weighted by Crippen LogP contribution is -2.26. The predicted molar refractivity (Wildman–Crippen MR) is 112 cm³/mol. The quantitative estimate of drug-likeness (QED) is 0.437. The van der Waals surface area contributed by atoms with Gasteiger partial charge in [0.15, 0.2) is 11.3 Å². The van der Waals surface area contributed by atoms with Gasteiger partial charge >= 0.3 is 0 Å². The van der Waals surface area contributed by atoms with Gasteiger partial charge in [-0.05, 0) is 49.7 Å². The summed E-state index contributed by atoms with van der Waals surface area (Å²) in [4.78, 5) is 16.6. The molecule has 31 heavy (non-hydrogen) atoms. The molecular weight excluding hydrogens is 401 g/mol. The highest BCUT2D eigenvalue weighted by molar-refractivity contribution is 5.84. The van der Waals surface area contributed by atoms with Gasteiger partial charge in [0.2, 0.25) is 17.6 Å². The molecule has 0 radical (unpaired) electrons. The van der Waals surface area contributed by atoms with Gasteiger partial charge in [-0.2, -0.15) is 4.98 Å². The highest BCUT2D eigenvalue weighted by Gasteiger charge is 2.16. The zero-order valence-corrected chi connectivity index (χ0v) is 17.2. The maximum atomic E-state index is 13.0. The number of nitrogens with zero attached hydrogens (tertiary/aromatic N) is 2. The second-order valence-electron chi connectivity index (χ2n) is 7.19. The van der Waals surface area contributed by atoms with Crippen molar-refractivity contribution in [2.45, 2.75) is 32.2 Å². The van der Waals surface area contributed by atoms with E-state index in [9.17, 15) is 9.18 Å². The number of nitrogens with one attached hydrogen (secondary N) is 1. The summed E-state index contributed by atoms with van der Waals surface area (Å²) in [7, 11) is 1.59. The summed E-state index contributed by atoms with van der Waals surface area (Å²) >= 11 is 0. The minimum atomic E-state index is -0.325. The number of aromatic nitrogens is 2. The molecule has 4 rings (SSSR count). The lowest BCUT2D eigenvalue weighted by Gasteiger charge is -2.11. The average molecular weight is 423 g/mol. The summed E-state index contributed by atoms with van der Waals surface area (Å²) in [5, 5.41) is 7.77. The summed E-state index contributed by atoms with van der Waals surface area (Å²) in [5.41, 5.74) is 1.33. The first-order valence-electron chi connectivity index (χ1n) is 9.98. The number of fused-ring (bicyclic) bond motifs is 1. The third kappa shape index (κ3) is 4.74. The second kappa shape index (κ2) is 8.99. The number of hydrogen-bond acceptors (Lipinski definition) is 6. The molecule has 2 aromatic carbocycles. The van der Waals surface area contributed by atoms with E-state index in [4.69, 9.17) is 13.7 Å². The Morgan fingerprint density at radius 3 is 2.81 bits per heavy atom. The molecule has 0 saturated heterocycles. The second-order valence-corrected chi connectivity index (χ2v) is 7.19. The highest BCUT2D eigenvalue weighted by Crippen LogP contribution is 2.30. The van der Waals surface area contributed by atoms with Crippen molar-refractivity contribution < 1.29 is 22.9 Å². The molecule has 160 valence electrons. The molecule has 0 spiro atoms. The van der Waals surface area contributed by atoms with Gasteiger partial charge in [0.1, 0.15) is 11.6 Å². The zero-order chi connectivity index (χ0) is 21.8. The van der Waals surface area contributed by atoms with Gasteiger partial charge in [0, 0.05) is 23.8 Å². The number of aryl methyl sites for hydroxylation is 1. The Morgan fingerprint density at radius 1 is 1.23 bits per heavy atom. The number of rotatable bonds is 8. The van der Waals surface area contributed by atoms with E-state index in [0.29, 0.717) is 53.6 Å². The maximum absolute atomic E-state index is 13.0. The molecule has 1 unspecified atom stereocenters. The number of carbonyl (C=O) groups is 1. The first-order chi connectivity index (χ1) is 15.0. The number of benzene rings is 2. The first kappa shape index (κ1) is 20.6. The molecule has 4 aromatic rings. The van der Waals surface area contributed by atoms with E-state index in [1.54, 1.807) is 19.2 Å². The Balaban J connectivity index is 1.29. The van der Waals surface area contributed by atoms with Crippen molar-refractivity contribution in [3.05, 3.63) is 66.0 Å². The standard InChI is InChI=1S/C23H22FN3O4/c1-14(19-13-16-5-3-6-18(29-2)22(16)30-19)25-20(28)7-4-8-21-26-23(27-31-21)15-9-11-17(24)12-10-15/h3,5-6,9-14H,4,7-8H2,1-2H3,(H,25,28). The number of para-hydroxylation sites is 1. The first-order valence-corrected chi connectivity index (χ1v) is 9.98. The van der Waals surface area contributed by atoms with Crippen molar-refractivity contribution in [2.75, 3.05) is 7.11 Å². The summed E-state index contributed by atoms with van der Waals surface area (Å²) in [6.07, 6.45) is 1.33. The monoisotopic (exact) mass is 423 g/mol. The molecule has 0 aliphatic carbocycles. The van der Waals surface area contributed by atoms with Crippen LogP contribution in [0, 0.1) is 5.82 Å². The van der Waals surface area contributed by atoms with Gasteiger partial charge in [-0.25, -0.2) is 4.39 Å². The third-order valence-electron chi connectivity index (χ3n) is 4.92. The molecule has 0 bridgehead atoms. The molecule has 0 aliphatic rings. The minimum Gasteiger partial charge on any atom is -0.493 e. The SMILES string of the molecule is COc1cccc2cc(C(C)NC(=O)CCCc3nc(-c4ccc(F)cc4)no3)oc12. The number of hydrogen-bond donors (Lipinski definition) is 1. The highest BCUT2D eigenvalue weighted by atomic mass is 19.1. The number of carbonyl (C=O) groups excluding carboxylic acids is 1. The number of ether oxygens (including phenoxy) is 1. The molecule has 8 heteroatoms. The lowest BCUT2D eigenvalue weighted by atomic mass is 10.2. The fourth-order valence-corrected chi connectivity index (χ4v) is 3.29. The lowest BCUT2D eigenvalue weighted by molar-refractivity contribution is -0.121. The van der Waals surface area contributed by atoms with Crippen LogP contribution in [0.2, 0.25) is 0 Å². The Bertz CT molecular complexity index is 1180. The van der Waals surface area contributed by atoms with Gasteiger partial charge < -0.3 is 19.0 Å². The molecule has 0 aliphatic heterocycles. The Kier molecular flexibility index (Phi) is 5.97. The fourth-order valence-electron chi connectivity index (χ4n) is 3.29. The van der Waals surface area contributed by atoms with Crippen LogP contribution in [0.4, 0.5) is 4.39 Å². The van der Waals surface area contributed by atoms with E-state index in [-0.39, 0.29) is 17.8 Å². The normalized spacial score (nSPS) is 12.1. The molecule has 2 heterocycles. The van der Waals surface area contributed by atoms with Crippen LogP contribution in [0.3, 0.4) is 0 Å². The minimum absolute atomic E-state index is 0.0989. The van der Waals surface area contributed by atoms with E-state index in [1.807, 2.05) is 31.2 Å². The molecule has 1 N–H and O–H groups in total. The van der Waals surface area contributed by atoms with Crippen molar-refractivity contribution in [2.24, 2.45) is 0 Å². The molecule has 1 amide bonds. The molecule has 1 atom stereocenters. The van der Waals surface area contributed by atoms with Crippen molar-refractivity contribution in [3.8, 4) is 17.1 Å². The fraction of sp³-hybridized carbons (Fsp3) is 0.261. The smallest absolute Gasteiger partial charge is 0.226 e. The summed E-state index contributed by atoms with van der Waals surface area (Å²) in [6.45, 7) is 1.87. The topological polar surface area (TPSA) is 90.4 Å².